The summed E-state index contributed by atoms with van der Waals surface area (Å²) in [4.78, 5) is 23.7. The van der Waals surface area contributed by atoms with Gasteiger partial charge in [-0.15, -0.1) is 0 Å². The highest BCUT2D eigenvalue weighted by Gasteiger charge is 2.15. The minimum Gasteiger partial charge on any atom is -0.318 e. The van der Waals surface area contributed by atoms with E-state index in [2.05, 4.69) is 26.6 Å². The third-order valence-electron chi connectivity index (χ3n) is 2.73. The van der Waals surface area contributed by atoms with E-state index in [1.165, 1.54) is 0 Å². The molecular weight excluding hydrogens is 356 g/mol. The fourth-order valence-corrected chi connectivity index (χ4v) is 2.33. The lowest BCUT2D eigenvalue weighted by molar-refractivity contribution is -0.133. The third-order valence-corrected chi connectivity index (χ3v) is 3.45. The molecule has 6 heteroatoms. The molecule has 2 aromatic rings. The van der Waals surface area contributed by atoms with Crippen LogP contribution >= 0.6 is 27.5 Å². The van der Waals surface area contributed by atoms with Gasteiger partial charge in [-0.25, -0.2) is 0 Å². The van der Waals surface area contributed by atoms with Crippen molar-refractivity contribution in [1.29, 1.82) is 0 Å². The molecule has 4 nitrogen and oxygen atoms in total. The van der Waals surface area contributed by atoms with Crippen molar-refractivity contribution in [2.75, 3.05) is 10.6 Å². The highest BCUT2D eigenvalue weighted by Crippen LogP contribution is 2.20. The van der Waals surface area contributed by atoms with E-state index < -0.39 is 11.8 Å². The molecule has 108 valence electrons. The van der Waals surface area contributed by atoms with Crippen LogP contribution in [0.25, 0.3) is 0 Å². The Morgan fingerprint density at radius 3 is 2.43 bits per heavy atom. The summed E-state index contributed by atoms with van der Waals surface area (Å²) in [7, 11) is 0. The van der Waals surface area contributed by atoms with Crippen molar-refractivity contribution < 1.29 is 9.59 Å². The summed E-state index contributed by atoms with van der Waals surface area (Å²) >= 11 is 9.14. The molecule has 2 N–H and O–H groups in total. The number of rotatable bonds is 2. The third kappa shape index (κ3) is 4.31. The molecule has 0 aromatic heterocycles. The van der Waals surface area contributed by atoms with E-state index in [0.717, 1.165) is 10.0 Å². The van der Waals surface area contributed by atoms with Crippen LogP contribution in [0.3, 0.4) is 0 Å². The van der Waals surface area contributed by atoms with Gasteiger partial charge in [0.05, 0.1) is 0 Å². The molecular formula is C15H12BrClN2O2. The maximum Gasteiger partial charge on any atom is 0.314 e. The van der Waals surface area contributed by atoms with Crippen LogP contribution in [0.5, 0.6) is 0 Å². The predicted molar refractivity (Wildman–Crippen MR) is 87.6 cm³/mol. The summed E-state index contributed by atoms with van der Waals surface area (Å²) in [6, 6.07) is 12.0. The Morgan fingerprint density at radius 2 is 1.76 bits per heavy atom. The molecule has 2 rings (SSSR count). The standard InChI is InChI=1S/C15H12BrClN2O2/c1-9-7-11(17)5-6-13(9)19-15(21)14(20)18-12-4-2-3-10(16)8-12/h2-8H,1H3,(H,18,20)(H,19,21). The van der Waals surface area contributed by atoms with Gasteiger partial charge in [0.1, 0.15) is 0 Å². The second kappa shape index (κ2) is 6.74. The monoisotopic (exact) mass is 366 g/mol. The highest BCUT2D eigenvalue weighted by molar-refractivity contribution is 9.10. The molecule has 0 aliphatic carbocycles. The molecule has 2 aromatic carbocycles. The van der Waals surface area contributed by atoms with E-state index in [-0.39, 0.29) is 0 Å². The maximum absolute atomic E-state index is 11.9. The molecule has 2 amide bonds. The van der Waals surface area contributed by atoms with Gasteiger partial charge in [-0.2, -0.15) is 0 Å². The number of carbonyl (C=O) groups is 2. The number of carbonyl (C=O) groups excluding carboxylic acids is 2. The Hall–Kier alpha value is -1.85. The molecule has 0 aliphatic rings. The minimum atomic E-state index is -0.736. The fourth-order valence-electron chi connectivity index (χ4n) is 1.70. The Kier molecular flexibility index (Phi) is 4.98. The van der Waals surface area contributed by atoms with Crippen molar-refractivity contribution in [3.63, 3.8) is 0 Å². The lowest BCUT2D eigenvalue weighted by Gasteiger charge is -2.09. The van der Waals surface area contributed by atoms with Crippen LogP contribution in [0.4, 0.5) is 11.4 Å². The molecule has 0 saturated heterocycles. The summed E-state index contributed by atoms with van der Waals surface area (Å²) < 4.78 is 0.814. The number of nitrogens with one attached hydrogen (secondary N) is 2. The van der Waals surface area contributed by atoms with Gasteiger partial charge in [0, 0.05) is 20.9 Å². The number of amides is 2. The average molecular weight is 368 g/mol. The van der Waals surface area contributed by atoms with E-state index in [0.29, 0.717) is 16.4 Å². The van der Waals surface area contributed by atoms with Crippen LogP contribution < -0.4 is 10.6 Å². The molecule has 21 heavy (non-hydrogen) atoms. The van der Waals surface area contributed by atoms with Crippen molar-refractivity contribution in [2.24, 2.45) is 0 Å². The van der Waals surface area contributed by atoms with Crippen LogP contribution in [0.1, 0.15) is 5.56 Å². The summed E-state index contributed by atoms with van der Waals surface area (Å²) in [5.74, 6) is -1.47. The molecule has 0 atom stereocenters. The fraction of sp³-hybridized carbons (Fsp3) is 0.0667. The normalized spacial score (nSPS) is 10.0. The van der Waals surface area contributed by atoms with E-state index >= 15 is 0 Å². The number of anilines is 2. The van der Waals surface area contributed by atoms with Crippen molar-refractivity contribution in [2.45, 2.75) is 6.92 Å². The first-order valence-corrected chi connectivity index (χ1v) is 7.27. The van der Waals surface area contributed by atoms with Crippen molar-refractivity contribution in [3.05, 3.63) is 57.5 Å². The smallest absolute Gasteiger partial charge is 0.314 e. The topological polar surface area (TPSA) is 58.2 Å². The van der Waals surface area contributed by atoms with Gasteiger partial charge >= 0.3 is 11.8 Å². The summed E-state index contributed by atoms with van der Waals surface area (Å²) in [5, 5.41) is 5.65. The highest BCUT2D eigenvalue weighted by atomic mass is 79.9. The first kappa shape index (κ1) is 15.5. The molecule has 0 heterocycles. The number of halogens is 2. The van der Waals surface area contributed by atoms with Gasteiger partial charge in [0.15, 0.2) is 0 Å². The van der Waals surface area contributed by atoms with Gasteiger partial charge in [0.25, 0.3) is 0 Å². The number of benzene rings is 2. The SMILES string of the molecule is Cc1cc(Cl)ccc1NC(=O)C(=O)Nc1cccc(Br)c1. The average Bonchev–Trinajstić information content (AvgIpc) is 2.41. The molecule has 0 unspecified atom stereocenters. The molecule has 0 fully saturated rings. The lowest BCUT2D eigenvalue weighted by Crippen LogP contribution is -2.29. The minimum absolute atomic E-state index is 0.539. The van der Waals surface area contributed by atoms with Gasteiger partial charge in [-0.1, -0.05) is 33.6 Å². The maximum atomic E-state index is 11.9. The first-order valence-electron chi connectivity index (χ1n) is 6.10. The molecule has 0 aliphatic heterocycles. The second-order valence-corrected chi connectivity index (χ2v) is 5.73. The zero-order chi connectivity index (χ0) is 15.4. The van der Waals surface area contributed by atoms with Crippen LogP contribution in [-0.4, -0.2) is 11.8 Å². The van der Waals surface area contributed by atoms with Crippen LogP contribution in [0.2, 0.25) is 5.02 Å². The van der Waals surface area contributed by atoms with Crippen LogP contribution in [0, 0.1) is 6.92 Å². The van der Waals surface area contributed by atoms with Crippen LogP contribution in [0.15, 0.2) is 46.9 Å². The molecule has 0 saturated carbocycles. The summed E-state index contributed by atoms with van der Waals surface area (Å²) in [6.07, 6.45) is 0. The van der Waals surface area contributed by atoms with Gasteiger partial charge < -0.3 is 10.6 Å². The van der Waals surface area contributed by atoms with E-state index in [1.54, 1.807) is 43.3 Å². The Morgan fingerprint density at radius 1 is 1.05 bits per heavy atom. The quantitative estimate of drug-likeness (QED) is 0.789. The summed E-state index contributed by atoms with van der Waals surface area (Å²) in [6.45, 7) is 1.80. The Bertz CT molecular complexity index is 704. The predicted octanol–water partition coefficient (Wildman–Crippen LogP) is 3.99. The van der Waals surface area contributed by atoms with E-state index in [4.69, 9.17) is 11.6 Å². The molecule has 0 spiro atoms. The van der Waals surface area contributed by atoms with Crippen molar-refractivity contribution in [3.8, 4) is 0 Å². The van der Waals surface area contributed by atoms with Crippen LogP contribution in [-0.2, 0) is 9.59 Å². The largest absolute Gasteiger partial charge is 0.318 e. The van der Waals surface area contributed by atoms with E-state index in [1.807, 2.05) is 6.07 Å². The van der Waals surface area contributed by atoms with Crippen molar-refractivity contribution in [1.82, 2.24) is 0 Å². The zero-order valence-electron chi connectivity index (χ0n) is 11.1. The Labute approximate surface area is 135 Å². The van der Waals surface area contributed by atoms with Gasteiger partial charge in [0.2, 0.25) is 0 Å². The molecule has 0 radical (unpaired) electrons. The van der Waals surface area contributed by atoms with Crippen molar-refractivity contribution >= 4 is 50.7 Å². The van der Waals surface area contributed by atoms with Gasteiger partial charge in [-0.3, -0.25) is 9.59 Å². The lowest BCUT2D eigenvalue weighted by atomic mass is 10.2. The molecule has 0 bridgehead atoms. The second-order valence-electron chi connectivity index (χ2n) is 4.38. The number of hydrogen-bond donors (Lipinski definition) is 2. The zero-order valence-corrected chi connectivity index (χ0v) is 13.5. The van der Waals surface area contributed by atoms with Gasteiger partial charge in [-0.05, 0) is 48.9 Å². The first-order chi connectivity index (χ1) is 9.95. The number of aryl methyl sites for hydroxylation is 1. The Balaban J connectivity index is 2.04. The van der Waals surface area contributed by atoms with E-state index in [9.17, 15) is 9.59 Å². The summed E-state index contributed by atoms with van der Waals surface area (Å²) in [5.41, 5.74) is 1.87. The number of hydrogen-bond acceptors (Lipinski definition) is 2.